The van der Waals surface area contributed by atoms with Gasteiger partial charge in [-0.3, -0.25) is 4.79 Å². The van der Waals surface area contributed by atoms with Crippen LogP contribution in [0.25, 0.3) is 10.8 Å². The molecule has 2 fully saturated rings. The van der Waals surface area contributed by atoms with Gasteiger partial charge in [0, 0.05) is 54.8 Å². The van der Waals surface area contributed by atoms with Crippen LogP contribution in [0.15, 0.2) is 42.7 Å². The van der Waals surface area contributed by atoms with Crippen LogP contribution in [0.4, 0.5) is 20.3 Å². The minimum atomic E-state index is -1.04. The molecule has 46 heavy (non-hydrogen) atoms. The Kier molecular flexibility index (Phi) is 9.03. The number of amides is 1. The Bertz CT molecular complexity index is 1710. The zero-order chi connectivity index (χ0) is 32.6. The van der Waals surface area contributed by atoms with Crippen LogP contribution in [0.5, 0.6) is 6.01 Å². The summed E-state index contributed by atoms with van der Waals surface area (Å²) in [4.78, 5) is 30.2. The van der Waals surface area contributed by atoms with Crippen molar-refractivity contribution in [2.24, 2.45) is 5.41 Å². The summed E-state index contributed by atoms with van der Waals surface area (Å²) in [5.74, 6) is -1.60. The summed E-state index contributed by atoms with van der Waals surface area (Å²) in [6, 6.07) is 10.8. The molecule has 12 heteroatoms. The normalized spacial score (nSPS) is 19.1. The number of rotatable bonds is 9. The minimum absolute atomic E-state index is 0.0391. The Morgan fingerprint density at radius 3 is 2.70 bits per heavy atom. The Hall–Kier alpha value is -4.01. The van der Waals surface area contributed by atoms with E-state index in [-0.39, 0.29) is 29.4 Å². The van der Waals surface area contributed by atoms with Crippen LogP contribution in [-0.4, -0.2) is 85.1 Å². The van der Waals surface area contributed by atoms with Crippen molar-refractivity contribution in [1.82, 2.24) is 19.8 Å². The Morgan fingerprint density at radius 2 is 2.00 bits per heavy atom. The molecule has 2 aromatic carbocycles. The number of carbonyl (C=O) groups is 1. The van der Waals surface area contributed by atoms with Gasteiger partial charge in [-0.05, 0) is 50.9 Å². The predicted molar refractivity (Wildman–Crippen MR) is 174 cm³/mol. The molecule has 0 spiro atoms. The number of hydrogen-bond donors (Lipinski definition) is 0. The second-order valence-electron chi connectivity index (χ2n) is 12.9. The van der Waals surface area contributed by atoms with Crippen molar-refractivity contribution in [1.29, 1.82) is 5.26 Å². The van der Waals surface area contributed by atoms with Gasteiger partial charge in [-0.25, -0.2) is 8.78 Å². The van der Waals surface area contributed by atoms with Crippen molar-refractivity contribution in [2.45, 2.75) is 44.7 Å². The molecule has 1 amide bonds. The maximum Gasteiger partial charge on any atom is 0.318 e. The smallest absolute Gasteiger partial charge is 0.318 e. The molecule has 1 saturated heterocycles. The maximum absolute atomic E-state index is 14.6. The van der Waals surface area contributed by atoms with Gasteiger partial charge in [0.15, 0.2) is 5.83 Å². The number of benzene rings is 2. The number of piperazine rings is 1. The van der Waals surface area contributed by atoms with Crippen LogP contribution in [0.3, 0.4) is 0 Å². The topological polar surface area (TPSA) is 88.8 Å². The number of nitriles is 1. The van der Waals surface area contributed by atoms with Crippen LogP contribution < -0.4 is 14.5 Å². The number of anilines is 2. The molecule has 2 aliphatic heterocycles. The first-order valence-corrected chi connectivity index (χ1v) is 16.0. The molecule has 1 aromatic heterocycles. The molecule has 0 bridgehead atoms. The van der Waals surface area contributed by atoms with E-state index in [4.69, 9.17) is 26.3 Å². The molecule has 0 N–H and O–H groups in total. The number of ether oxygens (including phenoxy) is 1. The van der Waals surface area contributed by atoms with Gasteiger partial charge in [0.25, 0.3) is 5.91 Å². The largest absolute Gasteiger partial charge is 0.463 e. The van der Waals surface area contributed by atoms with Gasteiger partial charge in [-0.1, -0.05) is 42.8 Å². The van der Waals surface area contributed by atoms with E-state index in [0.29, 0.717) is 50.4 Å². The van der Waals surface area contributed by atoms with E-state index in [9.17, 15) is 18.8 Å². The molecule has 6 rings (SSSR count). The lowest BCUT2D eigenvalue weighted by atomic mass is 9.69. The fourth-order valence-electron chi connectivity index (χ4n) is 7.14. The number of halogens is 3. The summed E-state index contributed by atoms with van der Waals surface area (Å²) < 4.78 is 34.8. The highest BCUT2D eigenvalue weighted by molar-refractivity contribution is 6.36. The molecular formula is C34H38ClF2N7O2. The van der Waals surface area contributed by atoms with Gasteiger partial charge < -0.3 is 24.3 Å². The first-order chi connectivity index (χ1) is 22.1. The van der Waals surface area contributed by atoms with Gasteiger partial charge in [0.05, 0.1) is 42.4 Å². The van der Waals surface area contributed by atoms with Gasteiger partial charge in [0.1, 0.15) is 11.6 Å². The van der Waals surface area contributed by atoms with Crippen LogP contribution in [-0.2, 0) is 17.8 Å². The lowest BCUT2D eigenvalue weighted by Crippen LogP contribution is -2.55. The van der Waals surface area contributed by atoms with Crippen molar-refractivity contribution in [2.75, 3.05) is 63.2 Å². The lowest BCUT2D eigenvalue weighted by molar-refractivity contribution is -0.131. The number of aromatic nitrogens is 2. The summed E-state index contributed by atoms with van der Waals surface area (Å²) in [7, 11) is 4.13. The van der Waals surface area contributed by atoms with E-state index < -0.39 is 23.6 Å². The van der Waals surface area contributed by atoms with Crippen LogP contribution >= 0.6 is 11.6 Å². The molecule has 0 radical (unpaired) electrons. The van der Waals surface area contributed by atoms with Gasteiger partial charge >= 0.3 is 6.01 Å². The Balaban J connectivity index is 1.35. The van der Waals surface area contributed by atoms with Crippen LogP contribution in [0.2, 0.25) is 5.02 Å². The van der Waals surface area contributed by atoms with Crippen molar-refractivity contribution in [3.63, 3.8) is 0 Å². The Morgan fingerprint density at radius 1 is 1.20 bits per heavy atom. The average molecular weight is 650 g/mol. The molecule has 9 nitrogen and oxygen atoms in total. The molecule has 3 heterocycles. The highest BCUT2D eigenvalue weighted by atomic mass is 35.5. The van der Waals surface area contributed by atoms with Gasteiger partial charge in [-0.2, -0.15) is 15.2 Å². The monoisotopic (exact) mass is 649 g/mol. The summed E-state index contributed by atoms with van der Waals surface area (Å²) in [5, 5.41) is 11.1. The third kappa shape index (κ3) is 6.20. The molecule has 3 aromatic rings. The lowest BCUT2D eigenvalue weighted by Gasteiger charge is -2.43. The van der Waals surface area contributed by atoms with Crippen molar-refractivity contribution >= 4 is 39.8 Å². The van der Waals surface area contributed by atoms with E-state index in [1.54, 1.807) is 6.07 Å². The minimum Gasteiger partial charge on any atom is -0.463 e. The second-order valence-corrected chi connectivity index (χ2v) is 13.3. The molecule has 1 saturated carbocycles. The van der Waals surface area contributed by atoms with Gasteiger partial charge in [-0.15, -0.1) is 0 Å². The summed E-state index contributed by atoms with van der Waals surface area (Å²) in [5.41, 5.74) is 2.61. The highest BCUT2D eigenvalue weighted by Gasteiger charge is 2.39. The number of hydrogen-bond acceptors (Lipinski definition) is 8. The first-order valence-electron chi connectivity index (χ1n) is 15.7. The third-order valence-electron chi connectivity index (χ3n) is 9.45. The third-order valence-corrected chi connectivity index (χ3v) is 9.82. The number of fused-ring (bicyclic) bond motifs is 2. The number of carbonyl (C=O) groups excluding carboxylic acids is 1. The summed E-state index contributed by atoms with van der Waals surface area (Å²) in [6.45, 7) is 6.54. The van der Waals surface area contributed by atoms with E-state index in [1.807, 2.05) is 18.2 Å². The van der Waals surface area contributed by atoms with E-state index >= 15 is 0 Å². The zero-order valence-corrected chi connectivity index (χ0v) is 27.0. The highest BCUT2D eigenvalue weighted by Crippen LogP contribution is 2.42. The fourth-order valence-corrected chi connectivity index (χ4v) is 7.41. The second kappa shape index (κ2) is 13.0. The fraction of sp³-hybridized carbons (Fsp3) is 0.471. The van der Waals surface area contributed by atoms with Gasteiger partial charge in [0.2, 0.25) is 0 Å². The van der Waals surface area contributed by atoms with Crippen molar-refractivity contribution in [3.8, 4) is 12.1 Å². The van der Waals surface area contributed by atoms with E-state index in [1.165, 1.54) is 11.0 Å². The standard InChI is InChI=1S/C34H38ClF2N7O2/c1-22(36)32(45)44-17-16-43(18-24(44)10-14-38)31-25-11-15-42(28-7-4-6-23-8-9-26(37)30(35)29(23)28)19-27(25)39-33(40-31)46-21-34(12-5-13-34)20-41(2)3/h4,6-9,24H,1,5,10-13,15-21H2,2-3H3. The van der Waals surface area contributed by atoms with Crippen molar-refractivity contribution < 1.29 is 18.3 Å². The first kappa shape index (κ1) is 32.0. The SMILES string of the molecule is C=C(F)C(=O)N1CCN(c2nc(OCC3(CN(C)C)CCC3)nc3c2CCN(c2cccc4ccc(F)c(Cl)c24)C3)CC1CC#N. The number of nitrogens with zero attached hydrogens (tertiary/aromatic N) is 7. The summed E-state index contributed by atoms with van der Waals surface area (Å²) in [6.07, 6.45) is 3.94. The molecule has 1 aliphatic carbocycles. The molecular weight excluding hydrogens is 612 g/mol. The average Bonchev–Trinajstić information content (AvgIpc) is 3.02. The summed E-state index contributed by atoms with van der Waals surface area (Å²) >= 11 is 6.50. The molecule has 242 valence electrons. The van der Waals surface area contributed by atoms with Crippen LogP contribution in [0, 0.1) is 22.6 Å². The predicted octanol–water partition coefficient (Wildman–Crippen LogP) is 5.51. The Labute approximate surface area is 273 Å². The zero-order valence-electron chi connectivity index (χ0n) is 26.2. The van der Waals surface area contributed by atoms with Crippen molar-refractivity contribution in [3.05, 3.63) is 64.8 Å². The van der Waals surface area contributed by atoms with Crippen LogP contribution in [0.1, 0.15) is 36.9 Å². The van der Waals surface area contributed by atoms with E-state index in [2.05, 4.69) is 41.4 Å². The molecule has 3 aliphatic rings. The molecule has 1 atom stereocenters. The van der Waals surface area contributed by atoms with E-state index in [0.717, 1.165) is 48.1 Å². The molecule has 1 unspecified atom stereocenters. The quantitative estimate of drug-likeness (QED) is 0.281. The maximum atomic E-state index is 14.6.